The zero-order valence-corrected chi connectivity index (χ0v) is 11.8. The van der Waals surface area contributed by atoms with Gasteiger partial charge in [0.05, 0.1) is 6.04 Å². The second kappa shape index (κ2) is 4.02. The summed E-state index contributed by atoms with van der Waals surface area (Å²) in [6.07, 6.45) is 0. The number of hydrogen-bond acceptors (Lipinski definition) is 2. The lowest BCUT2D eigenvalue weighted by molar-refractivity contribution is -0.150. The minimum atomic E-state index is -0.0148. The Morgan fingerprint density at radius 2 is 1.56 bits per heavy atom. The molecule has 0 spiro atoms. The van der Waals surface area contributed by atoms with Crippen LogP contribution < -0.4 is 0 Å². The normalized spacial score (nSPS) is 25.1. The molecular formula is C13H26N2O. The molecule has 16 heavy (non-hydrogen) atoms. The van der Waals surface area contributed by atoms with Crippen molar-refractivity contribution < 1.29 is 4.79 Å². The molecule has 1 aliphatic rings. The van der Waals surface area contributed by atoms with Gasteiger partial charge in [0.25, 0.3) is 0 Å². The number of nitrogens with zero attached hydrogens (tertiary/aromatic N) is 2. The smallest absolute Gasteiger partial charge is 0.240 e. The first-order chi connectivity index (χ1) is 7.05. The lowest BCUT2D eigenvalue weighted by atomic mass is 9.81. The van der Waals surface area contributed by atoms with Gasteiger partial charge in [-0.05, 0) is 26.2 Å². The van der Waals surface area contributed by atoms with Gasteiger partial charge in [0.2, 0.25) is 5.91 Å². The van der Waals surface area contributed by atoms with Crippen molar-refractivity contribution >= 4 is 5.91 Å². The van der Waals surface area contributed by atoms with Crippen molar-refractivity contribution in [3.05, 3.63) is 0 Å². The highest BCUT2D eigenvalue weighted by atomic mass is 16.2. The van der Waals surface area contributed by atoms with Crippen LogP contribution in [-0.4, -0.2) is 47.4 Å². The molecule has 0 aromatic rings. The van der Waals surface area contributed by atoms with Crippen molar-refractivity contribution in [2.75, 3.05) is 20.1 Å². The summed E-state index contributed by atoms with van der Waals surface area (Å²) in [6.45, 7) is 14.8. The predicted octanol–water partition coefficient (Wildman–Crippen LogP) is 1.97. The molecule has 1 heterocycles. The van der Waals surface area contributed by atoms with Crippen LogP contribution in [0.5, 0.6) is 0 Å². The molecule has 0 radical (unpaired) electrons. The van der Waals surface area contributed by atoms with Gasteiger partial charge in [-0.15, -0.1) is 0 Å². The van der Waals surface area contributed by atoms with E-state index in [4.69, 9.17) is 0 Å². The maximum Gasteiger partial charge on any atom is 0.240 e. The van der Waals surface area contributed by atoms with Gasteiger partial charge in [-0.2, -0.15) is 0 Å². The molecule has 0 aromatic heterocycles. The lowest BCUT2D eigenvalue weighted by Crippen LogP contribution is -2.65. The van der Waals surface area contributed by atoms with Crippen molar-refractivity contribution in [3.8, 4) is 0 Å². The molecule has 1 rings (SSSR count). The van der Waals surface area contributed by atoms with Gasteiger partial charge in [0, 0.05) is 25.7 Å². The maximum absolute atomic E-state index is 12.3. The Kier molecular flexibility index (Phi) is 3.39. The van der Waals surface area contributed by atoms with E-state index in [1.54, 1.807) is 0 Å². The minimum Gasteiger partial charge on any atom is -0.343 e. The standard InChI is InChI=1S/C13H26N2O/c1-12(2,3)10-11(16)14(7)8-9-15(10)13(4,5)6/h10H,8-9H2,1-7H3. The molecule has 3 heteroatoms. The summed E-state index contributed by atoms with van der Waals surface area (Å²) >= 11 is 0. The van der Waals surface area contributed by atoms with E-state index >= 15 is 0 Å². The van der Waals surface area contributed by atoms with Crippen LogP contribution in [0.1, 0.15) is 41.5 Å². The number of rotatable bonds is 0. The van der Waals surface area contributed by atoms with Crippen molar-refractivity contribution in [2.45, 2.75) is 53.1 Å². The highest BCUT2D eigenvalue weighted by Gasteiger charge is 2.44. The largest absolute Gasteiger partial charge is 0.343 e. The summed E-state index contributed by atoms with van der Waals surface area (Å²) in [6, 6.07) is -0.00810. The van der Waals surface area contributed by atoms with Crippen molar-refractivity contribution in [2.24, 2.45) is 5.41 Å². The van der Waals surface area contributed by atoms with Crippen LogP contribution in [0.15, 0.2) is 0 Å². The molecular weight excluding hydrogens is 200 g/mol. The first-order valence-electron chi connectivity index (χ1n) is 6.07. The molecule has 0 bridgehead atoms. The number of hydrogen-bond donors (Lipinski definition) is 0. The fraction of sp³-hybridized carbons (Fsp3) is 0.923. The van der Waals surface area contributed by atoms with E-state index in [0.717, 1.165) is 13.1 Å². The quantitative estimate of drug-likeness (QED) is 0.630. The van der Waals surface area contributed by atoms with Crippen LogP contribution in [0.25, 0.3) is 0 Å². The highest BCUT2D eigenvalue weighted by molar-refractivity contribution is 5.83. The van der Waals surface area contributed by atoms with E-state index < -0.39 is 0 Å². The monoisotopic (exact) mass is 226 g/mol. The molecule has 1 fully saturated rings. The minimum absolute atomic E-state index is 0.00810. The second-order valence-corrected chi connectivity index (χ2v) is 6.89. The van der Waals surface area contributed by atoms with Gasteiger partial charge >= 0.3 is 0 Å². The van der Waals surface area contributed by atoms with E-state index in [0.29, 0.717) is 0 Å². The van der Waals surface area contributed by atoms with Gasteiger partial charge in [-0.25, -0.2) is 0 Å². The average Bonchev–Trinajstić information content (AvgIpc) is 2.05. The summed E-state index contributed by atoms with van der Waals surface area (Å²) in [5.74, 6) is 0.258. The summed E-state index contributed by atoms with van der Waals surface area (Å²) < 4.78 is 0. The molecule has 0 aliphatic carbocycles. The summed E-state index contributed by atoms with van der Waals surface area (Å²) in [5, 5.41) is 0. The number of likely N-dealkylation sites (N-methyl/N-ethyl adjacent to an activating group) is 1. The van der Waals surface area contributed by atoms with Gasteiger partial charge in [0.1, 0.15) is 0 Å². The third kappa shape index (κ3) is 2.57. The summed E-state index contributed by atoms with van der Waals surface area (Å²) in [4.78, 5) is 16.5. The number of carbonyl (C=O) groups is 1. The summed E-state index contributed by atoms with van der Waals surface area (Å²) in [5.41, 5.74) is 0.0356. The predicted molar refractivity (Wildman–Crippen MR) is 67.3 cm³/mol. The van der Waals surface area contributed by atoms with E-state index in [1.807, 2.05) is 11.9 Å². The van der Waals surface area contributed by atoms with Gasteiger partial charge in [-0.3, -0.25) is 9.69 Å². The SMILES string of the molecule is CN1CCN(C(C)(C)C)C(C(C)(C)C)C1=O. The second-order valence-electron chi connectivity index (χ2n) is 6.89. The van der Waals surface area contributed by atoms with Crippen molar-refractivity contribution in [3.63, 3.8) is 0 Å². The van der Waals surface area contributed by atoms with Crippen LogP contribution in [0.3, 0.4) is 0 Å². The summed E-state index contributed by atoms with van der Waals surface area (Å²) in [7, 11) is 1.90. The number of piperazine rings is 1. The molecule has 1 amide bonds. The van der Waals surface area contributed by atoms with Crippen LogP contribution in [0.4, 0.5) is 0 Å². The molecule has 0 N–H and O–H groups in total. The van der Waals surface area contributed by atoms with Crippen molar-refractivity contribution in [1.82, 2.24) is 9.80 Å². The van der Waals surface area contributed by atoms with E-state index in [2.05, 4.69) is 46.4 Å². The van der Waals surface area contributed by atoms with Gasteiger partial charge in [-0.1, -0.05) is 20.8 Å². The molecule has 1 unspecified atom stereocenters. The van der Waals surface area contributed by atoms with Gasteiger partial charge in [0.15, 0.2) is 0 Å². The Balaban J connectivity index is 3.05. The zero-order valence-electron chi connectivity index (χ0n) is 11.8. The molecule has 0 saturated carbocycles. The van der Waals surface area contributed by atoms with E-state index in [-0.39, 0.29) is 22.9 Å². The molecule has 0 aromatic carbocycles. The van der Waals surface area contributed by atoms with Crippen LogP contribution in [-0.2, 0) is 4.79 Å². The Morgan fingerprint density at radius 1 is 1.06 bits per heavy atom. The number of carbonyl (C=O) groups excluding carboxylic acids is 1. The van der Waals surface area contributed by atoms with Crippen LogP contribution in [0, 0.1) is 5.41 Å². The molecule has 1 saturated heterocycles. The maximum atomic E-state index is 12.3. The van der Waals surface area contributed by atoms with Gasteiger partial charge < -0.3 is 4.90 Å². The third-order valence-corrected chi connectivity index (χ3v) is 3.28. The van der Waals surface area contributed by atoms with E-state index in [9.17, 15) is 4.79 Å². The molecule has 1 atom stereocenters. The van der Waals surface area contributed by atoms with Crippen LogP contribution in [0.2, 0.25) is 0 Å². The van der Waals surface area contributed by atoms with Crippen molar-refractivity contribution in [1.29, 1.82) is 0 Å². The van der Waals surface area contributed by atoms with Crippen LogP contribution >= 0.6 is 0 Å². The lowest BCUT2D eigenvalue weighted by Gasteiger charge is -2.50. The Bertz CT molecular complexity index is 273. The molecule has 1 aliphatic heterocycles. The first kappa shape index (κ1) is 13.5. The Labute approximate surface area is 99.8 Å². The Morgan fingerprint density at radius 3 is 1.94 bits per heavy atom. The Hall–Kier alpha value is -0.570. The number of amides is 1. The third-order valence-electron chi connectivity index (χ3n) is 3.28. The van der Waals surface area contributed by atoms with E-state index in [1.165, 1.54) is 0 Å². The molecule has 94 valence electrons. The molecule has 3 nitrogen and oxygen atoms in total. The average molecular weight is 226 g/mol. The topological polar surface area (TPSA) is 23.6 Å². The first-order valence-corrected chi connectivity index (χ1v) is 6.07. The zero-order chi connectivity index (χ0) is 12.7. The fourth-order valence-corrected chi connectivity index (χ4v) is 2.40. The fourth-order valence-electron chi connectivity index (χ4n) is 2.40. The highest BCUT2D eigenvalue weighted by Crippen LogP contribution is 2.32.